The Bertz CT molecular complexity index is 541. The number of anilines is 1. The minimum absolute atomic E-state index is 0.0374. The quantitative estimate of drug-likeness (QED) is 0.663. The standard InChI is InChI=1S/C14H19N3O4/c1-10(14(18)16-8-3-4-9-16)15-11-6-5-7-12(21-2)13(11)17(19)20/h5-7,10,15H,3-4,8-9H2,1-2H3. The van der Waals surface area contributed by atoms with Gasteiger partial charge in [0.2, 0.25) is 5.91 Å². The zero-order valence-corrected chi connectivity index (χ0v) is 12.2. The second-order valence-electron chi connectivity index (χ2n) is 5.01. The summed E-state index contributed by atoms with van der Waals surface area (Å²) in [7, 11) is 1.38. The number of carbonyl (C=O) groups excluding carboxylic acids is 1. The second-order valence-corrected chi connectivity index (χ2v) is 5.01. The van der Waals surface area contributed by atoms with Crippen LogP contribution in [-0.2, 0) is 4.79 Å². The van der Waals surface area contributed by atoms with Crippen LogP contribution in [0.25, 0.3) is 0 Å². The number of rotatable bonds is 5. The lowest BCUT2D eigenvalue weighted by Gasteiger charge is -2.22. The molecule has 21 heavy (non-hydrogen) atoms. The van der Waals surface area contributed by atoms with Gasteiger partial charge in [-0.15, -0.1) is 0 Å². The number of benzene rings is 1. The smallest absolute Gasteiger partial charge is 0.333 e. The Labute approximate surface area is 123 Å². The maximum absolute atomic E-state index is 12.2. The number of nitrogens with zero attached hydrogens (tertiary/aromatic N) is 2. The van der Waals surface area contributed by atoms with Crippen LogP contribution in [0.15, 0.2) is 18.2 Å². The van der Waals surface area contributed by atoms with E-state index in [4.69, 9.17) is 4.74 Å². The van der Waals surface area contributed by atoms with Crippen molar-refractivity contribution in [2.75, 3.05) is 25.5 Å². The van der Waals surface area contributed by atoms with Crippen LogP contribution in [0.2, 0.25) is 0 Å². The van der Waals surface area contributed by atoms with Crippen LogP contribution in [0, 0.1) is 10.1 Å². The molecule has 7 heteroatoms. The van der Waals surface area contributed by atoms with Gasteiger partial charge in [-0.1, -0.05) is 6.07 Å². The Balaban J connectivity index is 2.18. The van der Waals surface area contributed by atoms with E-state index < -0.39 is 11.0 Å². The molecule has 0 spiro atoms. The zero-order chi connectivity index (χ0) is 15.4. The first-order valence-corrected chi connectivity index (χ1v) is 6.91. The predicted octanol–water partition coefficient (Wildman–Crippen LogP) is 2.03. The van der Waals surface area contributed by atoms with Gasteiger partial charge in [0.15, 0.2) is 5.75 Å². The summed E-state index contributed by atoms with van der Waals surface area (Å²) in [4.78, 5) is 24.7. The Kier molecular flexibility index (Phi) is 4.62. The minimum Gasteiger partial charge on any atom is -0.490 e. The third-order valence-corrected chi connectivity index (χ3v) is 3.56. The number of likely N-dealkylation sites (tertiary alicyclic amines) is 1. The zero-order valence-electron chi connectivity index (χ0n) is 12.2. The number of nitrogens with one attached hydrogen (secondary N) is 1. The first kappa shape index (κ1) is 15.1. The molecule has 1 aliphatic rings. The molecule has 1 amide bonds. The van der Waals surface area contributed by atoms with Gasteiger partial charge in [-0.3, -0.25) is 14.9 Å². The first-order valence-electron chi connectivity index (χ1n) is 6.91. The maximum Gasteiger partial charge on any atom is 0.333 e. The first-order chi connectivity index (χ1) is 10.0. The molecular formula is C14H19N3O4. The van der Waals surface area contributed by atoms with Crippen molar-refractivity contribution in [1.82, 2.24) is 4.90 Å². The average Bonchev–Trinajstić information content (AvgIpc) is 2.99. The lowest BCUT2D eigenvalue weighted by Crippen LogP contribution is -2.39. The molecule has 1 aliphatic heterocycles. The van der Waals surface area contributed by atoms with E-state index in [2.05, 4.69) is 5.32 Å². The summed E-state index contributed by atoms with van der Waals surface area (Å²) in [6.45, 7) is 3.22. The fraction of sp³-hybridized carbons (Fsp3) is 0.500. The Morgan fingerprint density at radius 2 is 2.10 bits per heavy atom. The number of nitro benzene ring substituents is 1. The van der Waals surface area contributed by atoms with Crippen molar-refractivity contribution in [3.63, 3.8) is 0 Å². The predicted molar refractivity (Wildman–Crippen MR) is 78.5 cm³/mol. The number of para-hydroxylation sites is 1. The van der Waals surface area contributed by atoms with Gasteiger partial charge in [0.25, 0.3) is 0 Å². The van der Waals surface area contributed by atoms with Gasteiger partial charge in [-0.25, -0.2) is 0 Å². The highest BCUT2D eigenvalue weighted by atomic mass is 16.6. The lowest BCUT2D eigenvalue weighted by molar-refractivity contribution is -0.384. The number of carbonyl (C=O) groups is 1. The largest absolute Gasteiger partial charge is 0.490 e. The van der Waals surface area contributed by atoms with E-state index in [0.717, 1.165) is 25.9 Å². The lowest BCUT2D eigenvalue weighted by atomic mass is 10.2. The molecule has 0 radical (unpaired) electrons. The second kappa shape index (κ2) is 6.43. The third-order valence-electron chi connectivity index (χ3n) is 3.56. The molecule has 1 aromatic rings. The van der Waals surface area contributed by atoms with Crippen LogP contribution in [0.4, 0.5) is 11.4 Å². The van der Waals surface area contributed by atoms with Crippen LogP contribution < -0.4 is 10.1 Å². The third kappa shape index (κ3) is 3.24. The number of methoxy groups -OCH3 is 1. The fourth-order valence-corrected chi connectivity index (χ4v) is 2.50. The molecule has 1 saturated heterocycles. The van der Waals surface area contributed by atoms with Gasteiger partial charge in [-0.2, -0.15) is 0 Å². The van der Waals surface area contributed by atoms with Gasteiger partial charge < -0.3 is 15.0 Å². The number of ether oxygens (including phenoxy) is 1. The topological polar surface area (TPSA) is 84.7 Å². The van der Waals surface area contributed by atoms with Crippen LogP contribution in [0.1, 0.15) is 19.8 Å². The van der Waals surface area contributed by atoms with E-state index in [1.54, 1.807) is 24.0 Å². The molecule has 0 aromatic heterocycles. The van der Waals surface area contributed by atoms with E-state index in [0.29, 0.717) is 5.69 Å². The molecule has 1 N–H and O–H groups in total. The van der Waals surface area contributed by atoms with Crippen molar-refractivity contribution in [1.29, 1.82) is 0 Å². The molecule has 0 bridgehead atoms. The summed E-state index contributed by atoms with van der Waals surface area (Å²) in [5, 5.41) is 14.1. The Morgan fingerprint density at radius 1 is 1.43 bits per heavy atom. The molecule has 2 rings (SSSR count). The van der Waals surface area contributed by atoms with E-state index >= 15 is 0 Å². The molecular weight excluding hydrogens is 274 g/mol. The Morgan fingerprint density at radius 3 is 2.67 bits per heavy atom. The van der Waals surface area contributed by atoms with E-state index in [1.807, 2.05) is 0 Å². The molecule has 7 nitrogen and oxygen atoms in total. The van der Waals surface area contributed by atoms with Gasteiger partial charge in [0.05, 0.1) is 12.0 Å². The summed E-state index contributed by atoms with van der Waals surface area (Å²) in [5.41, 5.74) is 0.139. The summed E-state index contributed by atoms with van der Waals surface area (Å²) in [5.74, 6) is 0.135. The van der Waals surface area contributed by atoms with Crippen molar-refractivity contribution >= 4 is 17.3 Å². The Hall–Kier alpha value is -2.31. The van der Waals surface area contributed by atoms with E-state index in [1.165, 1.54) is 13.2 Å². The fourth-order valence-electron chi connectivity index (χ4n) is 2.50. The minimum atomic E-state index is -0.520. The number of hydrogen-bond acceptors (Lipinski definition) is 5. The molecule has 1 unspecified atom stereocenters. The van der Waals surface area contributed by atoms with Gasteiger partial charge >= 0.3 is 5.69 Å². The van der Waals surface area contributed by atoms with Crippen molar-refractivity contribution in [3.05, 3.63) is 28.3 Å². The van der Waals surface area contributed by atoms with Gasteiger partial charge in [-0.05, 0) is 31.9 Å². The summed E-state index contributed by atoms with van der Waals surface area (Å²) >= 11 is 0. The summed E-state index contributed by atoms with van der Waals surface area (Å²) < 4.78 is 5.01. The summed E-state index contributed by atoms with van der Waals surface area (Å²) in [6.07, 6.45) is 2.02. The SMILES string of the molecule is COc1cccc(NC(C)C(=O)N2CCCC2)c1[N+](=O)[O-]. The maximum atomic E-state index is 12.2. The summed E-state index contributed by atoms with van der Waals surface area (Å²) in [6, 6.07) is 4.24. The van der Waals surface area contributed by atoms with Crippen LogP contribution in [0.3, 0.4) is 0 Å². The molecule has 1 aromatic carbocycles. The van der Waals surface area contributed by atoms with Crippen molar-refractivity contribution in [2.24, 2.45) is 0 Å². The van der Waals surface area contributed by atoms with Gasteiger partial charge in [0, 0.05) is 13.1 Å². The molecule has 0 saturated carbocycles. The highest BCUT2D eigenvalue weighted by Gasteiger charge is 2.26. The number of hydrogen-bond donors (Lipinski definition) is 1. The monoisotopic (exact) mass is 293 g/mol. The van der Waals surface area contributed by atoms with Crippen LogP contribution in [0.5, 0.6) is 5.75 Å². The van der Waals surface area contributed by atoms with Crippen molar-refractivity contribution in [3.8, 4) is 5.75 Å². The number of nitro groups is 1. The average molecular weight is 293 g/mol. The highest BCUT2D eigenvalue weighted by molar-refractivity contribution is 5.85. The van der Waals surface area contributed by atoms with Crippen molar-refractivity contribution in [2.45, 2.75) is 25.8 Å². The highest BCUT2D eigenvalue weighted by Crippen LogP contribution is 2.34. The molecule has 1 heterocycles. The van der Waals surface area contributed by atoms with Gasteiger partial charge in [0.1, 0.15) is 11.7 Å². The molecule has 1 fully saturated rings. The normalized spacial score (nSPS) is 15.6. The molecule has 1 atom stereocenters. The van der Waals surface area contributed by atoms with Crippen LogP contribution >= 0.6 is 0 Å². The molecule has 114 valence electrons. The van der Waals surface area contributed by atoms with E-state index in [-0.39, 0.29) is 17.3 Å². The molecule has 0 aliphatic carbocycles. The van der Waals surface area contributed by atoms with Crippen LogP contribution in [-0.4, -0.2) is 42.0 Å². The van der Waals surface area contributed by atoms with E-state index in [9.17, 15) is 14.9 Å². The van der Waals surface area contributed by atoms with Crippen molar-refractivity contribution < 1.29 is 14.5 Å². The number of amides is 1.